The van der Waals surface area contributed by atoms with Gasteiger partial charge in [-0.15, -0.1) is 0 Å². The molecule has 1 saturated heterocycles. The van der Waals surface area contributed by atoms with Crippen molar-refractivity contribution in [3.63, 3.8) is 0 Å². The number of aryl methyl sites for hydroxylation is 1. The fourth-order valence-corrected chi connectivity index (χ4v) is 4.95. The van der Waals surface area contributed by atoms with Crippen molar-refractivity contribution in [3.8, 4) is 5.75 Å². The van der Waals surface area contributed by atoms with Gasteiger partial charge in [-0.2, -0.15) is 0 Å². The van der Waals surface area contributed by atoms with Crippen LogP contribution in [0.15, 0.2) is 78.9 Å². The van der Waals surface area contributed by atoms with Crippen molar-refractivity contribution in [2.45, 2.75) is 13.5 Å². The summed E-state index contributed by atoms with van der Waals surface area (Å²) in [6, 6.07) is 24.8. The predicted octanol–water partition coefficient (Wildman–Crippen LogP) is 3.69. The zero-order chi connectivity index (χ0) is 24.8. The van der Waals surface area contributed by atoms with Gasteiger partial charge in [0.25, 0.3) is 5.91 Å². The van der Waals surface area contributed by atoms with E-state index in [0.29, 0.717) is 24.5 Å². The first kappa shape index (κ1) is 24.6. The molecule has 0 saturated carbocycles. The Hall–Kier alpha value is -3.52. The number of benzene rings is 3. The van der Waals surface area contributed by atoms with Gasteiger partial charge in [-0.3, -0.25) is 9.10 Å². The molecule has 1 heterocycles. The average Bonchev–Trinajstić information content (AvgIpc) is 2.87. The van der Waals surface area contributed by atoms with Crippen LogP contribution in [0.1, 0.15) is 11.1 Å². The number of carbonyl (C=O) groups excluding carboxylic acids is 1. The van der Waals surface area contributed by atoms with Crippen LogP contribution >= 0.6 is 0 Å². The lowest BCUT2D eigenvalue weighted by atomic mass is 10.1. The van der Waals surface area contributed by atoms with Gasteiger partial charge in [0.2, 0.25) is 10.0 Å². The highest BCUT2D eigenvalue weighted by molar-refractivity contribution is 7.92. The molecule has 3 aromatic rings. The van der Waals surface area contributed by atoms with E-state index < -0.39 is 10.0 Å². The van der Waals surface area contributed by atoms with Crippen molar-refractivity contribution < 1.29 is 17.9 Å². The molecule has 184 valence electrons. The van der Waals surface area contributed by atoms with Crippen LogP contribution < -0.4 is 13.9 Å². The number of amides is 1. The van der Waals surface area contributed by atoms with E-state index in [1.54, 1.807) is 24.3 Å². The molecular formula is C27H31N3O4S. The van der Waals surface area contributed by atoms with Gasteiger partial charge in [-0.05, 0) is 48.9 Å². The van der Waals surface area contributed by atoms with Crippen LogP contribution in [0.5, 0.6) is 5.75 Å². The quantitative estimate of drug-likeness (QED) is 0.479. The molecule has 0 N–H and O–H groups in total. The number of rotatable bonds is 8. The summed E-state index contributed by atoms with van der Waals surface area (Å²) >= 11 is 0. The first-order valence-electron chi connectivity index (χ1n) is 11.6. The van der Waals surface area contributed by atoms with Crippen molar-refractivity contribution >= 4 is 27.3 Å². The van der Waals surface area contributed by atoms with Gasteiger partial charge < -0.3 is 14.5 Å². The van der Waals surface area contributed by atoms with Crippen molar-refractivity contribution in [1.82, 2.24) is 4.90 Å². The molecular weight excluding hydrogens is 462 g/mol. The molecule has 3 aromatic carbocycles. The molecule has 0 radical (unpaired) electrons. The number of para-hydroxylation sites is 1. The summed E-state index contributed by atoms with van der Waals surface area (Å²) in [4.78, 5) is 16.7. The second-order valence-corrected chi connectivity index (χ2v) is 10.6. The molecule has 4 rings (SSSR count). The Morgan fingerprint density at radius 3 is 2.11 bits per heavy atom. The zero-order valence-corrected chi connectivity index (χ0v) is 20.9. The van der Waals surface area contributed by atoms with Gasteiger partial charge >= 0.3 is 0 Å². The van der Waals surface area contributed by atoms with E-state index in [1.165, 1.54) is 16.2 Å². The molecule has 1 amide bonds. The van der Waals surface area contributed by atoms with Gasteiger partial charge in [-0.1, -0.05) is 48.0 Å². The minimum Gasteiger partial charge on any atom is -0.484 e. The number of anilines is 2. The molecule has 7 nitrogen and oxygen atoms in total. The Bertz CT molecular complexity index is 1220. The van der Waals surface area contributed by atoms with Crippen LogP contribution in [-0.4, -0.2) is 58.3 Å². The Balaban J connectivity index is 1.32. The van der Waals surface area contributed by atoms with E-state index >= 15 is 0 Å². The number of piperazine rings is 1. The van der Waals surface area contributed by atoms with Crippen LogP contribution in [0, 0.1) is 6.92 Å². The third-order valence-corrected chi connectivity index (χ3v) is 7.23. The number of nitrogens with zero attached hydrogens (tertiary/aromatic N) is 3. The Labute approximate surface area is 207 Å². The average molecular weight is 494 g/mol. The highest BCUT2D eigenvalue weighted by Gasteiger charge is 2.22. The number of hydrogen-bond acceptors (Lipinski definition) is 5. The zero-order valence-electron chi connectivity index (χ0n) is 20.1. The minimum atomic E-state index is -3.48. The SMILES string of the molecule is Cc1ccc(CN(c2ccc(OCC(=O)N3CCN(c4ccccc4)CC3)cc2)S(C)(=O)=O)cc1. The summed E-state index contributed by atoms with van der Waals surface area (Å²) in [7, 11) is -3.48. The predicted molar refractivity (Wildman–Crippen MR) is 139 cm³/mol. The van der Waals surface area contributed by atoms with E-state index in [2.05, 4.69) is 17.0 Å². The number of hydrogen-bond donors (Lipinski definition) is 0. The van der Waals surface area contributed by atoms with E-state index in [4.69, 9.17) is 4.74 Å². The fraction of sp³-hybridized carbons (Fsp3) is 0.296. The van der Waals surface area contributed by atoms with Crippen LogP contribution in [0.25, 0.3) is 0 Å². The maximum absolute atomic E-state index is 12.6. The second-order valence-electron chi connectivity index (χ2n) is 8.74. The normalized spacial score (nSPS) is 14.0. The van der Waals surface area contributed by atoms with Crippen molar-refractivity contribution in [2.75, 3.05) is 48.2 Å². The van der Waals surface area contributed by atoms with E-state index in [1.807, 2.05) is 54.3 Å². The summed E-state index contributed by atoms with van der Waals surface area (Å²) in [5, 5.41) is 0. The molecule has 1 aliphatic rings. The van der Waals surface area contributed by atoms with Gasteiger partial charge in [-0.25, -0.2) is 8.42 Å². The van der Waals surface area contributed by atoms with Crippen LogP contribution in [0.2, 0.25) is 0 Å². The largest absolute Gasteiger partial charge is 0.484 e. The molecule has 0 unspecified atom stereocenters. The maximum Gasteiger partial charge on any atom is 0.260 e. The third kappa shape index (κ3) is 6.54. The van der Waals surface area contributed by atoms with Gasteiger partial charge in [0.1, 0.15) is 5.75 Å². The van der Waals surface area contributed by atoms with E-state index in [0.717, 1.165) is 24.2 Å². The summed E-state index contributed by atoms with van der Waals surface area (Å²) in [5.74, 6) is 0.465. The lowest BCUT2D eigenvalue weighted by molar-refractivity contribution is -0.133. The summed E-state index contributed by atoms with van der Waals surface area (Å²) in [6.07, 6.45) is 1.20. The molecule has 0 aromatic heterocycles. The van der Waals surface area contributed by atoms with Crippen molar-refractivity contribution in [2.24, 2.45) is 0 Å². The Morgan fingerprint density at radius 2 is 1.51 bits per heavy atom. The topological polar surface area (TPSA) is 70.2 Å². The highest BCUT2D eigenvalue weighted by Crippen LogP contribution is 2.24. The maximum atomic E-state index is 12.6. The summed E-state index contributed by atoms with van der Waals surface area (Å²) in [5.41, 5.74) is 3.73. The number of carbonyl (C=O) groups is 1. The second kappa shape index (κ2) is 10.8. The molecule has 0 aliphatic carbocycles. The van der Waals surface area contributed by atoms with E-state index in [-0.39, 0.29) is 19.1 Å². The van der Waals surface area contributed by atoms with Gasteiger partial charge in [0.15, 0.2) is 6.61 Å². The fourth-order valence-electron chi connectivity index (χ4n) is 4.06. The molecule has 1 fully saturated rings. The Kier molecular flexibility index (Phi) is 7.60. The number of sulfonamides is 1. The standard InChI is InChI=1S/C27H31N3O4S/c1-22-8-10-23(11-9-22)20-30(35(2,32)33)25-12-14-26(15-13-25)34-21-27(31)29-18-16-28(17-19-29)24-6-4-3-5-7-24/h3-15H,16-21H2,1-2H3. The first-order valence-corrected chi connectivity index (χ1v) is 13.5. The lowest BCUT2D eigenvalue weighted by Crippen LogP contribution is -2.50. The monoisotopic (exact) mass is 493 g/mol. The lowest BCUT2D eigenvalue weighted by Gasteiger charge is -2.36. The van der Waals surface area contributed by atoms with Crippen molar-refractivity contribution in [1.29, 1.82) is 0 Å². The van der Waals surface area contributed by atoms with Crippen molar-refractivity contribution in [3.05, 3.63) is 90.0 Å². The first-order chi connectivity index (χ1) is 16.8. The molecule has 0 bridgehead atoms. The molecule has 8 heteroatoms. The number of ether oxygens (including phenoxy) is 1. The van der Waals surface area contributed by atoms with Crippen LogP contribution in [0.4, 0.5) is 11.4 Å². The van der Waals surface area contributed by atoms with Crippen LogP contribution in [0.3, 0.4) is 0 Å². The van der Waals surface area contributed by atoms with E-state index in [9.17, 15) is 13.2 Å². The molecule has 0 atom stereocenters. The van der Waals surface area contributed by atoms with Gasteiger partial charge in [0.05, 0.1) is 18.5 Å². The third-order valence-electron chi connectivity index (χ3n) is 6.09. The summed E-state index contributed by atoms with van der Waals surface area (Å²) < 4.78 is 31.9. The highest BCUT2D eigenvalue weighted by atomic mass is 32.2. The summed E-state index contributed by atoms with van der Waals surface area (Å²) in [6.45, 7) is 5.05. The minimum absolute atomic E-state index is 0.0517. The molecule has 1 aliphatic heterocycles. The molecule has 35 heavy (non-hydrogen) atoms. The Morgan fingerprint density at radius 1 is 0.886 bits per heavy atom. The smallest absolute Gasteiger partial charge is 0.260 e. The van der Waals surface area contributed by atoms with Crippen LogP contribution in [-0.2, 0) is 21.4 Å². The van der Waals surface area contributed by atoms with Gasteiger partial charge in [0, 0.05) is 31.9 Å². The molecule has 0 spiro atoms.